The molecule has 22 heavy (non-hydrogen) atoms. The number of ether oxygens (including phenoxy) is 1. The molecule has 0 saturated heterocycles. The summed E-state index contributed by atoms with van der Waals surface area (Å²) in [6.07, 6.45) is 2.14. The molecule has 8 nitrogen and oxygen atoms in total. The molecular formula is C14H18N4O4. The standard InChI is InChI=1S/C14H18N4O4/c1-5-8-6-15-12-10(11(8)16-9(19)7-22-4)13(20)18(3)14(21)17(12)2/h6H,5,7H2,1-4H3,(H,15,16,19). The first-order chi connectivity index (χ1) is 10.4. The van der Waals surface area contributed by atoms with Gasteiger partial charge in [0.2, 0.25) is 5.91 Å². The normalized spacial score (nSPS) is 10.9. The Kier molecular flexibility index (Phi) is 4.41. The number of hydrogen-bond acceptors (Lipinski definition) is 5. The van der Waals surface area contributed by atoms with Gasteiger partial charge in [0.05, 0.1) is 5.69 Å². The van der Waals surface area contributed by atoms with Crippen LogP contribution in [0.2, 0.25) is 0 Å². The van der Waals surface area contributed by atoms with Crippen LogP contribution in [0.5, 0.6) is 0 Å². The van der Waals surface area contributed by atoms with E-state index in [1.165, 1.54) is 25.8 Å². The van der Waals surface area contributed by atoms with Gasteiger partial charge in [-0.1, -0.05) is 6.92 Å². The molecule has 0 radical (unpaired) electrons. The summed E-state index contributed by atoms with van der Waals surface area (Å²) in [7, 11) is 4.33. The SMILES string of the molecule is CCc1cnc2c(c1NC(=O)COC)c(=O)n(C)c(=O)n2C. The number of anilines is 1. The molecular weight excluding hydrogens is 288 g/mol. The lowest BCUT2D eigenvalue weighted by Gasteiger charge is -2.14. The summed E-state index contributed by atoms with van der Waals surface area (Å²) >= 11 is 0. The highest BCUT2D eigenvalue weighted by atomic mass is 16.5. The maximum Gasteiger partial charge on any atom is 0.332 e. The van der Waals surface area contributed by atoms with Crippen LogP contribution in [0.1, 0.15) is 12.5 Å². The van der Waals surface area contributed by atoms with Crippen molar-refractivity contribution in [2.24, 2.45) is 14.1 Å². The minimum Gasteiger partial charge on any atom is -0.375 e. The number of nitrogens with zero attached hydrogens (tertiary/aromatic N) is 3. The molecule has 0 saturated carbocycles. The van der Waals surface area contributed by atoms with Crippen LogP contribution in [0.3, 0.4) is 0 Å². The summed E-state index contributed by atoms with van der Waals surface area (Å²) in [5.41, 5.74) is 0.369. The zero-order valence-electron chi connectivity index (χ0n) is 13.0. The molecule has 0 atom stereocenters. The summed E-state index contributed by atoms with van der Waals surface area (Å²) in [6, 6.07) is 0. The summed E-state index contributed by atoms with van der Waals surface area (Å²) in [5.74, 6) is -0.374. The number of aromatic nitrogens is 3. The van der Waals surface area contributed by atoms with E-state index in [1.54, 1.807) is 6.20 Å². The monoisotopic (exact) mass is 306 g/mol. The third-order valence-corrected chi connectivity index (χ3v) is 3.47. The summed E-state index contributed by atoms with van der Waals surface area (Å²) in [6.45, 7) is 1.76. The van der Waals surface area contributed by atoms with Crippen molar-refractivity contribution in [2.75, 3.05) is 19.0 Å². The number of amides is 1. The second-order valence-electron chi connectivity index (χ2n) is 4.90. The van der Waals surface area contributed by atoms with E-state index < -0.39 is 11.2 Å². The quantitative estimate of drug-likeness (QED) is 0.842. The van der Waals surface area contributed by atoms with Crippen molar-refractivity contribution in [1.82, 2.24) is 14.1 Å². The van der Waals surface area contributed by atoms with Crippen molar-refractivity contribution in [3.8, 4) is 0 Å². The zero-order valence-corrected chi connectivity index (χ0v) is 13.0. The topological polar surface area (TPSA) is 95.2 Å². The Hall–Kier alpha value is -2.48. The van der Waals surface area contributed by atoms with Crippen molar-refractivity contribution >= 4 is 22.6 Å². The fraction of sp³-hybridized carbons (Fsp3) is 0.429. The maximum absolute atomic E-state index is 12.5. The van der Waals surface area contributed by atoms with Gasteiger partial charge >= 0.3 is 5.69 Å². The van der Waals surface area contributed by atoms with Gasteiger partial charge in [-0.3, -0.25) is 18.7 Å². The molecule has 2 aromatic heterocycles. The summed E-state index contributed by atoms with van der Waals surface area (Å²) in [5, 5.41) is 2.90. The largest absolute Gasteiger partial charge is 0.375 e. The molecule has 2 aromatic rings. The van der Waals surface area contributed by atoms with E-state index in [2.05, 4.69) is 10.3 Å². The maximum atomic E-state index is 12.5. The van der Waals surface area contributed by atoms with Gasteiger partial charge in [0.25, 0.3) is 5.56 Å². The van der Waals surface area contributed by atoms with Crippen LogP contribution in [0.15, 0.2) is 15.8 Å². The number of carbonyl (C=O) groups excluding carboxylic acids is 1. The molecule has 1 amide bonds. The van der Waals surface area contributed by atoms with Crippen molar-refractivity contribution < 1.29 is 9.53 Å². The van der Waals surface area contributed by atoms with Crippen molar-refractivity contribution in [1.29, 1.82) is 0 Å². The van der Waals surface area contributed by atoms with Crippen molar-refractivity contribution in [3.05, 3.63) is 32.6 Å². The molecule has 1 N–H and O–H groups in total. The van der Waals surface area contributed by atoms with Gasteiger partial charge in [0, 0.05) is 27.4 Å². The average Bonchev–Trinajstić information content (AvgIpc) is 2.50. The number of nitrogens with one attached hydrogen (secondary N) is 1. The van der Waals surface area contributed by atoms with Crippen LogP contribution >= 0.6 is 0 Å². The number of hydrogen-bond donors (Lipinski definition) is 1. The van der Waals surface area contributed by atoms with E-state index in [4.69, 9.17) is 4.74 Å². The Bertz CT molecular complexity index is 851. The molecule has 0 aliphatic heterocycles. The molecule has 0 fully saturated rings. The van der Waals surface area contributed by atoms with Crippen LogP contribution in [-0.4, -0.2) is 33.7 Å². The van der Waals surface area contributed by atoms with Crippen LogP contribution in [0.25, 0.3) is 11.0 Å². The Labute approximate surface area is 126 Å². The molecule has 0 aromatic carbocycles. The van der Waals surface area contributed by atoms with Gasteiger partial charge in [0.1, 0.15) is 12.0 Å². The second-order valence-corrected chi connectivity index (χ2v) is 4.90. The third kappa shape index (κ3) is 2.52. The number of methoxy groups -OCH3 is 1. The third-order valence-electron chi connectivity index (χ3n) is 3.47. The summed E-state index contributed by atoms with van der Waals surface area (Å²) < 4.78 is 7.07. The van der Waals surface area contributed by atoms with E-state index in [0.29, 0.717) is 17.7 Å². The predicted octanol–water partition coefficient (Wildman–Crippen LogP) is -0.220. The fourth-order valence-corrected chi connectivity index (χ4v) is 2.29. The molecule has 0 aliphatic rings. The molecule has 0 unspecified atom stereocenters. The van der Waals surface area contributed by atoms with Gasteiger partial charge < -0.3 is 10.1 Å². The van der Waals surface area contributed by atoms with Crippen molar-refractivity contribution in [2.45, 2.75) is 13.3 Å². The zero-order chi connectivity index (χ0) is 16.4. The first kappa shape index (κ1) is 15.9. The molecule has 0 aliphatic carbocycles. The Morgan fingerprint density at radius 3 is 2.59 bits per heavy atom. The average molecular weight is 306 g/mol. The Morgan fingerprint density at radius 2 is 2.00 bits per heavy atom. The Morgan fingerprint density at radius 1 is 1.32 bits per heavy atom. The van der Waals surface area contributed by atoms with E-state index in [-0.39, 0.29) is 23.5 Å². The van der Waals surface area contributed by atoms with Gasteiger partial charge in [0.15, 0.2) is 5.65 Å². The number of carbonyl (C=O) groups is 1. The van der Waals surface area contributed by atoms with Gasteiger partial charge in [-0.25, -0.2) is 9.78 Å². The fourth-order valence-electron chi connectivity index (χ4n) is 2.29. The molecule has 8 heteroatoms. The van der Waals surface area contributed by atoms with Gasteiger partial charge in [-0.05, 0) is 12.0 Å². The van der Waals surface area contributed by atoms with Crippen LogP contribution < -0.4 is 16.6 Å². The lowest BCUT2D eigenvalue weighted by atomic mass is 10.1. The minimum atomic E-state index is -0.492. The molecule has 2 rings (SSSR count). The first-order valence-corrected chi connectivity index (χ1v) is 6.78. The number of rotatable bonds is 4. The second kappa shape index (κ2) is 6.10. The van der Waals surface area contributed by atoms with E-state index in [1.807, 2.05) is 6.92 Å². The van der Waals surface area contributed by atoms with E-state index in [9.17, 15) is 14.4 Å². The van der Waals surface area contributed by atoms with Gasteiger partial charge in [-0.2, -0.15) is 0 Å². The minimum absolute atomic E-state index is 0.126. The van der Waals surface area contributed by atoms with Crippen LogP contribution in [0.4, 0.5) is 5.69 Å². The number of fused-ring (bicyclic) bond motifs is 1. The number of pyridine rings is 1. The Balaban J connectivity index is 2.84. The highest BCUT2D eigenvalue weighted by molar-refractivity contribution is 6.01. The molecule has 118 valence electrons. The lowest BCUT2D eigenvalue weighted by molar-refractivity contribution is -0.119. The van der Waals surface area contributed by atoms with Crippen LogP contribution in [0, 0.1) is 0 Å². The van der Waals surface area contributed by atoms with Gasteiger partial charge in [-0.15, -0.1) is 0 Å². The van der Waals surface area contributed by atoms with Crippen LogP contribution in [-0.2, 0) is 30.0 Å². The predicted molar refractivity (Wildman–Crippen MR) is 82.1 cm³/mol. The van der Waals surface area contributed by atoms with Crippen molar-refractivity contribution in [3.63, 3.8) is 0 Å². The van der Waals surface area contributed by atoms with E-state index in [0.717, 1.165) is 4.57 Å². The lowest BCUT2D eigenvalue weighted by Crippen LogP contribution is -2.38. The molecule has 0 spiro atoms. The summed E-state index contributed by atoms with van der Waals surface area (Å²) in [4.78, 5) is 40.5. The molecule has 0 bridgehead atoms. The number of aryl methyl sites for hydroxylation is 2. The highest BCUT2D eigenvalue weighted by Gasteiger charge is 2.18. The van der Waals surface area contributed by atoms with E-state index >= 15 is 0 Å². The molecule has 2 heterocycles. The first-order valence-electron chi connectivity index (χ1n) is 6.78. The highest BCUT2D eigenvalue weighted by Crippen LogP contribution is 2.22. The smallest absolute Gasteiger partial charge is 0.332 e.